The minimum atomic E-state index is -0.410. The van der Waals surface area contributed by atoms with Gasteiger partial charge in [-0.1, -0.05) is 0 Å². The SMILES string of the molecule is COc1nc(Cl)nc(NC(C)CC(N)=O)n1. The van der Waals surface area contributed by atoms with Crippen LogP contribution < -0.4 is 15.8 Å². The summed E-state index contributed by atoms with van der Waals surface area (Å²) in [5.74, 6) is -0.169. The Kier molecular flexibility index (Phi) is 4.24. The molecule has 0 aromatic carbocycles. The summed E-state index contributed by atoms with van der Waals surface area (Å²) in [6, 6.07) is -0.0885. The van der Waals surface area contributed by atoms with E-state index in [1.54, 1.807) is 6.92 Å². The molecular formula is C8H12ClN5O2. The van der Waals surface area contributed by atoms with E-state index < -0.39 is 5.91 Å². The fraction of sp³-hybridized carbons (Fsp3) is 0.500. The van der Waals surface area contributed by atoms with Crippen LogP contribution in [0.15, 0.2) is 0 Å². The Morgan fingerprint density at radius 2 is 2.25 bits per heavy atom. The van der Waals surface area contributed by atoms with E-state index in [-0.39, 0.29) is 29.7 Å². The number of rotatable bonds is 5. The first-order valence-corrected chi connectivity index (χ1v) is 4.89. The molecule has 0 saturated heterocycles. The van der Waals surface area contributed by atoms with Gasteiger partial charge in [-0.3, -0.25) is 4.79 Å². The molecule has 1 aromatic rings. The van der Waals surface area contributed by atoms with Crippen LogP contribution in [0.4, 0.5) is 5.95 Å². The zero-order valence-corrected chi connectivity index (χ0v) is 9.65. The van der Waals surface area contributed by atoms with Gasteiger partial charge in [0.1, 0.15) is 0 Å². The third-order valence-electron chi connectivity index (χ3n) is 1.65. The van der Waals surface area contributed by atoms with Gasteiger partial charge in [-0.2, -0.15) is 15.0 Å². The van der Waals surface area contributed by atoms with E-state index in [1.807, 2.05) is 0 Å². The fourth-order valence-corrected chi connectivity index (χ4v) is 1.21. The van der Waals surface area contributed by atoms with Crippen LogP contribution in [0.2, 0.25) is 5.28 Å². The van der Waals surface area contributed by atoms with Crippen molar-refractivity contribution in [1.82, 2.24) is 15.0 Å². The number of hydrogen-bond acceptors (Lipinski definition) is 6. The van der Waals surface area contributed by atoms with Crippen molar-refractivity contribution in [3.8, 4) is 6.01 Å². The molecule has 0 aliphatic carbocycles. The number of carbonyl (C=O) groups is 1. The summed E-state index contributed by atoms with van der Waals surface area (Å²) in [6.07, 6.45) is 0.172. The highest BCUT2D eigenvalue weighted by atomic mass is 35.5. The number of methoxy groups -OCH3 is 1. The number of carbonyl (C=O) groups excluding carboxylic acids is 1. The highest BCUT2D eigenvalue weighted by Gasteiger charge is 2.10. The van der Waals surface area contributed by atoms with Gasteiger partial charge in [0.15, 0.2) is 0 Å². The number of nitrogens with two attached hydrogens (primary N) is 1. The van der Waals surface area contributed by atoms with Gasteiger partial charge in [0.25, 0.3) is 0 Å². The minimum absolute atomic E-state index is 0.0145. The van der Waals surface area contributed by atoms with E-state index in [0.717, 1.165) is 0 Å². The summed E-state index contributed by atoms with van der Waals surface area (Å²) in [6.45, 7) is 1.77. The maximum atomic E-state index is 10.7. The number of primary amides is 1. The normalized spacial score (nSPS) is 11.9. The molecule has 1 aromatic heterocycles. The van der Waals surface area contributed by atoms with Crippen LogP contribution in [0.25, 0.3) is 0 Å². The van der Waals surface area contributed by atoms with E-state index >= 15 is 0 Å². The lowest BCUT2D eigenvalue weighted by molar-refractivity contribution is -0.118. The summed E-state index contributed by atoms with van der Waals surface area (Å²) < 4.78 is 4.82. The third kappa shape index (κ3) is 3.85. The van der Waals surface area contributed by atoms with Crippen LogP contribution in [-0.2, 0) is 4.79 Å². The fourth-order valence-electron chi connectivity index (χ4n) is 1.06. The number of ether oxygens (including phenoxy) is 1. The van der Waals surface area contributed by atoms with Gasteiger partial charge in [0.2, 0.25) is 17.1 Å². The minimum Gasteiger partial charge on any atom is -0.467 e. The molecular weight excluding hydrogens is 234 g/mol. The molecule has 1 rings (SSSR count). The van der Waals surface area contributed by atoms with Crippen LogP contribution in [-0.4, -0.2) is 34.0 Å². The zero-order chi connectivity index (χ0) is 12.1. The third-order valence-corrected chi connectivity index (χ3v) is 1.82. The van der Waals surface area contributed by atoms with Gasteiger partial charge in [0, 0.05) is 12.5 Å². The largest absolute Gasteiger partial charge is 0.467 e. The molecule has 0 spiro atoms. The van der Waals surface area contributed by atoms with Crippen LogP contribution >= 0.6 is 11.6 Å². The summed E-state index contributed by atoms with van der Waals surface area (Å²) in [5.41, 5.74) is 5.05. The smallest absolute Gasteiger partial charge is 0.322 e. The van der Waals surface area contributed by atoms with Gasteiger partial charge >= 0.3 is 6.01 Å². The molecule has 0 aliphatic heterocycles. The van der Waals surface area contributed by atoms with E-state index in [9.17, 15) is 4.79 Å². The van der Waals surface area contributed by atoms with Crippen molar-refractivity contribution < 1.29 is 9.53 Å². The second-order valence-corrected chi connectivity index (χ2v) is 3.47. The molecule has 0 fully saturated rings. The second kappa shape index (κ2) is 5.45. The molecule has 0 aliphatic rings. The van der Waals surface area contributed by atoms with E-state index in [2.05, 4.69) is 20.3 Å². The Bertz CT molecular complexity index is 387. The number of amides is 1. The molecule has 1 heterocycles. The average molecular weight is 246 g/mol. The topological polar surface area (TPSA) is 103 Å². The number of nitrogens with one attached hydrogen (secondary N) is 1. The predicted octanol–water partition coefficient (Wildman–Crippen LogP) is 0.209. The van der Waals surface area contributed by atoms with E-state index in [4.69, 9.17) is 22.1 Å². The van der Waals surface area contributed by atoms with E-state index in [1.165, 1.54) is 7.11 Å². The van der Waals surface area contributed by atoms with E-state index in [0.29, 0.717) is 0 Å². The van der Waals surface area contributed by atoms with Crippen molar-refractivity contribution in [2.24, 2.45) is 5.73 Å². The van der Waals surface area contributed by atoms with Crippen molar-refractivity contribution >= 4 is 23.5 Å². The molecule has 7 nitrogen and oxygen atoms in total. The quantitative estimate of drug-likeness (QED) is 0.769. The first-order valence-electron chi connectivity index (χ1n) is 4.51. The van der Waals surface area contributed by atoms with Crippen molar-refractivity contribution in [3.63, 3.8) is 0 Å². The monoisotopic (exact) mass is 245 g/mol. The summed E-state index contributed by atoms with van der Waals surface area (Å²) in [7, 11) is 1.42. The molecule has 1 atom stereocenters. The maximum Gasteiger partial charge on any atom is 0.322 e. The standard InChI is InChI=1S/C8H12ClN5O2/c1-4(3-5(10)15)11-7-12-6(9)13-8(14-7)16-2/h4H,3H2,1-2H3,(H2,10,15)(H,11,12,13,14). The number of hydrogen-bond donors (Lipinski definition) is 2. The number of aromatic nitrogens is 3. The Hall–Kier alpha value is -1.63. The average Bonchev–Trinajstić information content (AvgIpc) is 2.14. The second-order valence-electron chi connectivity index (χ2n) is 3.13. The highest BCUT2D eigenvalue weighted by molar-refractivity contribution is 6.28. The molecule has 16 heavy (non-hydrogen) atoms. The van der Waals surface area contributed by atoms with Gasteiger partial charge in [-0.05, 0) is 18.5 Å². The maximum absolute atomic E-state index is 10.7. The lowest BCUT2D eigenvalue weighted by atomic mass is 10.2. The zero-order valence-electron chi connectivity index (χ0n) is 8.90. The Balaban J connectivity index is 2.72. The first-order chi connectivity index (χ1) is 7.51. The van der Waals surface area contributed by atoms with Crippen molar-refractivity contribution in [2.75, 3.05) is 12.4 Å². The molecule has 8 heteroatoms. The summed E-state index contributed by atoms with van der Waals surface area (Å²) in [5, 5.41) is 2.88. The van der Waals surface area contributed by atoms with Gasteiger partial charge in [-0.25, -0.2) is 0 Å². The molecule has 0 radical (unpaired) electrons. The Morgan fingerprint density at radius 1 is 1.56 bits per heavy atom. The number of anilines is 1. The first kappa shape index (κ1) is 12.4. The Morgan fingerprint density at radius 3 is 2.81 bits per heavy atom. The summed E-state index contributed by atoms with van der Waals surface area (Å²) >= 11 is 5.64. The van der Waals surface area contributed by atoms with Crippen LogP contribution in [0.1, 0.15) is 13.3 Å². The van der Waals surface area contributed by atoms with Gasteiger partial charge in [-0.15, -0.1) is 0 Å². The number of halogens is 1. The molecule has 3 N–H and O–H groups in total. The van der Waals surface area contributed by atoms with Crippen LogP contribution in [0.5, 0.6) is 6.01 Å². The molecule has 0 saturated carbocycles. The van der Waals surface area contributed by atoms with Crippen LogP contribution in [0.3, 0.4) is 0 Å². The lowest BCUT2D eigenvalue weighted by Gasteiger charge is -2.11. The lowest BCUT2D eigenvalue weighted by Crippen LogP contribution is -2.25. The van der Waals surface area contributed by atoms with Gasteiger partial charge in [0.05, 0.1) is 7.11 Å². The van der Waals surface area contributed by atoms with Crippen molar-refractivity contribution in [2.45, 2.75) is 19.4 Å². The molecule has 0 bridgehead atoms. The van der Waals surface area contributed by atoms with Crippen molar-refractivity contribution in [1.29, 1.82) is 0 Å². The highest BCUT2D eigenvalue weighted by Crippen LogP contribution is 2.11. The molecule has 88 valence electrons. The van der Waals surface area contributed by atoms with Gasteiger partial charge < -0.3 is 15.8 Å². The summed E-state index contributed by atoms with van der Waals surface area (Å²) in [4.78, 5) is 22.1. The molecule has 1 amide bonds. The van der Waals surface area contributed by atoms with Crippen molar-refractivity contribution in [3.05, 3.63) is 5.28 Å². The molecule has 1 unspecified atom stereocenters. The predicted molar refractivity (Wildman–Crippen MR) is 58.3 cm³/mol. The Labute approximate surface area is 97.4 Å². The number of nitrogens with zero attached hydrogens (tertiary/aromatic N) is 3. The van der Waals surface area contributed by atoms with Crippen LogP contribution in [0, 0.1) is 0 Å².